The molecule has 0 aromatic carbocycles. The molecular weight excluding hydrogens is 1030 g/mol. The number of aliphatic hydroxyl groups is 1. The molecule has 17 heteroatoms. The maximum atomic E-state index is 14.4. The molecule has 76 heavy (non-hydrogen) atoms. The van der Waals surface area contributed by atoms with Gasteiger partial charge in [-0.3, -0.25) is 9.59 Å². The molecule has 0 saturated carbocycles. The van der Waals surface area contributed by atoms with Gasteiger partial charge in [-0.15, -0.1) is 6.58 Å². The van der Waals surface area contributed by atoms with Crippen LogP contribution in [0.5, 0.6) is 0 Å². The van der Waals surface area contributed by atoms with Crippen LogP contribution in [0.2, 0.25) is 96.7 Å². The van der Waals surface area contributed by atoms with Gasteiger partial charge < -0.3 is 42.7 Å². The molecule has 0 amide bonds. The molecule has 0 bridgehead atoms. The summed E-state index contributed by atoms with van der Waals surface area (Å²) in [5, 5.41) is 11.9. The lowest BCUT2D eigenvalue weighted by atomic mass is 9.79. The summed E-state index contributed by atoms with van der Waals surface area (Å²) in [4.78, 5) is 56.5. The van der Waals surface area contributed by atoms with Gasteiger partial charge in [0.25, 0.3) is 0 Å². The van der Waals surface area contributed by atoms with Crippen molar-refractivity contribution in [1.82, 2.24) is 0 Å². The number of hydrogen-bond acceptors (Lipinski definition) is 13. The third-order valence-electron chi connectivity index (χ3n) is 15.5. The van der Waals surface area contributed by atoms with Gasteiger partial charge in [-0.2, -0.15) is 0 Å². The molecule has 2 rings (SSSR count). The van der Waals surface area contributed by atoms with Crippen LogP contribution >= 0.6 is 0 Å². The fraction of sp³-hybridized carbons (Fsp3) is 0.864. The summed E-state index contributed by atoms with van der Waals surface area (Å²) < 4.78 is 50.9. The van der Waals surface area contributed by atoms with E-state index in [1.54, 1.807) is 0 Å². The third-order valence-corrected chi connectivity index (χ3v) is 21.6. The van der Waals surface area contributed by atoms with Crippen molar-refractivity contribution in [2.45, 2.75) is 265 Å². The Morgan fingerprint density at radius 1 is 0.724 bits per heavy atom. The number of esters is 3. The highest BCUT2D eigenvalue weighted by Crippen LogP contribution is 2.46. The van der Waals surface area contributed by atoms with E-state index in [2.05, 4.69) is 113 Å². The van der Waals surface area contributed by atoms with Gasteiger partial charge in [0.2, 0.25) is 0 Å². The van der Waals surface area contributed by atoms with E-state index in [4.69, 9.17) is 37.6 Å². The zero-order valence-electron chi connectivity index (χ0n) is 51.9. The summed E-state index contributed by atoms with van der Waals surface area (Å²) in [7, 11) is -5.52. The van der Waals surface area contributed by atoms with Crippen LogP contribution in [0.3, 0.4) is 0 Å². The molecule has 1 N–H and O–H groups in total. The number of rotatable bonds is 34. The van der Waals surface area contributed by atoms with E-state index in [-0.39, 0.29) is 73.3 Å². The molecule has 0 unspecified atom stereocenters. The molecule has 1 spiro atoms. The van der Waals surface area contributed by atoms with Gasteiger partial charge in [-0.1, -0.05) is 113 Å². The fourth-order valence-corrected chi connectivity index (χ4v) is 13.4. The zero-order valence-corrected chi connectivity index (χ0v) is 55.9. The molecule has 0 aromatic heterocycles. The van der Waals surface area contributed by atoms with Crippen molar-refractivity contribution in [3.8, 4) is 0 Å². The first-order valence-electron chi connectivity index (χ1n) is 29.2. The van der Waals surface area contributed by atoms with Crippen molar-refractivity contribution in [3.63, 3.8) is 0 Å². The summed E-state index contributed by atoms with van der Waals surface area (Å²) in [6, 6.07) is 2.19. The highest BCUT2D eigenvalue weighted by molar-refractivity contribution is 6.76. The Hall–Kier alpha value is -1.81. The van der Waals surface area contributed by atoms with Crippen molar-refractivity contribution in [2.24, 2.45) is 35.5 Å². The lowest BCUT2D eigenvalue weighted by Crippen LogP contribution is -2.53. The zero-order chi connectivity index (χ0) is 58.1. The van der Waals surface area contributed by atoms with Crippen LogP contribution in [0, 0.1) is 35.5 Å². The standard InChI is InChI=1S/C59H112O13Si4/c1-23-41(4)24-26-49-42(5)28-30-59(70-49)31-29-44(7)55(71-59)43(6)25-27-50(72-76(20,21)22)45(8)47(60)38-48(61)56(65-10)54(40(2)3)69-52(62)39-51(66-32-35-73(11,12)13)53(58(64)68-34-37-75(17,18)19)46(9)57(63)67-33-36-74(14,15)16/h23,40-45,48-51,54-56,61H,1,24-39H2,2-22H3/b53-46-/t41-,42-,43-,44+,45-,48-,49+,50+,51-,54-,55+,56+,59-/m1/s1. The normalized spacial score (nSPS) is 24.4. The molecular formula is C59H112O13Si4. The van der Waals surface area contributed by atoms with Gasteiger partial charge in [-0.25, -0.2) is 9.59 Å². The number of carbonyl (C=O) groups excluding carboxylic acids is 4. The largest absolute Gasteiger partial charge is 0.463 e. The monoisotopic (exact) mass is 1140 g/mol. The molecule has 0 aromatic rings. The molecule has 2 saturated heterocycles. The minimum Gasteiger partial charge on any atom is -0.463 e. The first-order chi connectivity index (χ1) is 34.9. The second-order valence-corrected chi connectivity index (χ2v) is 49.4. The highest BCUT2D eigenvalue weighted by Gasteiger charge is 2.48. The average molecular weight is 1140 g/mol. The topological polar surface area (TPSA) is 162 Å². The maximum Gasteiger partial charge on any atom is 0.337 e. The first-order valence-corrected chi connectivity index (χ1v) is 43.7. The number of carbonyl (C=O) groups is 4. The van der Waals surface area contributed by atoms with E-state index in [1.807, 2.05) is 26.8 Å². The Morgan fingerprint density at radius 2 is 1.26 bits per heavy atom. The van der Waals surface area contributed by atoms with Crippen LogP contribution in [0.1, 0.15) is 120 Å². The molecule has 13 nitrogen and oxygen atoms in total. The molecule has 2 heterocycles. The maximum absolute atomic E-state index is 14.4. The van der Waals surface area contributed by atoms with Crippen LogP contribution in [0.15, 0.2) is 23.8 Å². The predicted octanol–water partition coefficient (Wildman–Crippen LogP) is 13.3. The smallest absolute Gasteiger partial charge is 0.337 e. The summed E-state index contributed by atoms with van der Waals surface area (Å²) in [5.41, 5.74) is -0.0403. The van der Waals surface area contributed by atoms with E-state index >= 15 is 0 Å². The number of ketones is 1. The summed E-state index contributed by atoms with van der Waals surface area (Å²) >= 11 is 0. The number of ether oxygens (including phenoxy) is 7. The number of Topliss-reactive ketones (excluding diaryl/α,β-unsaturated/α-hetero) is 1. The lowest BCUT2D eigenvalue weighted by molar-refractivity contribution is -0.338. The molecule has 2 fully saturated rings. The Balaban J connectivity index is 2.36. The van der Waals surface area contributed by atoms with Crippen molar-refractivity contribution in [2.75, 3.05) is 26.9 Å². The highest BCUT2D eigenvalue weighted by atomic mass is 28.4. The average Bonchev–Trinajstić information content (AvgIpc) is 3.29. The summed E-state index contributed by atoms with van der Waals surface area (Å²) in [5.74, 6) is -2.31. The number of allylic oxidation sites excluding steroid dienone is 1. The number of hydrogen-bond donors (Lipinski definition) is 1. The van der Waals surface area contributed by atoms with Gasteiger partial charge >= 0.3 is 17.9 Å². The van der Waals surface area contributed by atoms with Crippen LogP contribution in [0.4, 0.5) is 0 Å². The Bertz CT molecular complexity index is 1840. The Morgan fingerprint density at radius 3 is 1.78 bits per heavy atom. The minimum absolute atomic E-state index is 0.00165. The summed E-state index contributed by atoms with van der Waals surface area (Å²) in [6.45, 7) is 46.8. The van der Waals surface area contributed by atoms with Gasteiger partial charge in [0, 0.05) is 68.7 Å². The quantitative estimate of drug-likeness (QED) is 0.0213. The van der Waals surface area contributed by atoms with E-state index in [9.17, 15) is 24.3 Å². The van der Waals surface area contributed by atoms with E-state index < -0.39 is 93.0 Å². The van der Waals surface area contributed by atoms with Gasteiger partial charge in [-0.05, 0) is 113 Å². The number of aliphatic hydroxyl groups excluding tert-OH is 1. The fourth-order valence-electron chi connectivity index (χ4n) is 10.0. The molecule has 442 valence electrons. The van der Waals surface area contributed by atoms with E-state index in [0.29, 0.717) is 30.2 Å². The lowest BCUT2D eigenvalue weighted by Gasteiger charge is -2.51. The SMILES string of the molecule is C=C[C@@H](C)CC[C@@H]1O[C@@]2(CC[C@H]1C)CC[C@H](C)[C@H]([C@H](C)CC[C@H](O[Si](C)(C)C)[C@H](C)C(=O)C[C@@H](O)[C@H](OC)[C@H](OC(=O)C[C@@H](OCC[Si](C)(C)C)/C(C(=O)OCC[Si](C)(C)C)=C(\C)C(=O)OCC[Si](C)(C)C)C(C)C)O2. The molecule has 2 aliphatic rings. The number of methoxy groups -OCH3 is 1. The van der Waals surface area contributed by atoms with Gasteiger partial charge in [0.05, 0.1) is 49.6 Å². The molecule has 0 aliphatic carbocycles. The van der Waals surface area contributed by atoms with Gasteiger partial charge in [0.1, 0.15) is 24.1 Å². The molecule has 13 atom stereocenters. The second kappa shape index (κ2) is 31.4. The Labute approximate surface area is 467 Å². The Kier molecular flexibility index (Phi) is 29.1. The van der Waals surface area contributed by atoms with Crippen LogP contribution in [-0.2, 0) is 56.8 Å². The van der Waals surface area contributed by atoms with E-state index in [1.165, 1.54) is 14.0 Å². The van der Waals surface area contributed by atoms with Crippen LogP contribution in [-0.4, -0.2) is 137 Å². The first kappa shape index (κ1) is 70.3. The molecule has 2 aliphatic heterocycles. The van der Waals surface area contributed by atoms with Crippen LogP contribution < -0.4 is 0 Å². The predicted molar refractivity (Wildman–Crippen MR) is 318 cm³/mol. The van der Waals surface area contributed by atoms with Crippen molar-refractivity contribution in [3.05, 3.63) is 23.8 Å². The second-order valence-electron chi connectivity index (χ2n) is 28.0. The van der Waals surface area contributed by atoms with Crippen molar-refractivity contribution < 1.29 is 61.9 Å². The summed E-state index contributed by atoms with van der Waals surface area (Å²) in [6.07, 6.45) is 3.93. The van der Waals surface area contributed by atoms with Crippen molar-refractivity contribution in [1.29, 1.82) is 0 Å². The minimum atomic E-state index is -2.15. The molecule has 0 radical (unpaired) electrons. The third kappa shape index (κ3) is 25.3. The van der Waals surface area contributed by atoms with Crippen molar-refractivity contribution >= 4 is 56.2 Å². The van der Waals surface area contributed by atoms with E-state index in [0.717, 1.165) is 57.0 Å². The van der Waals surface area contributed by atoms with Gasteiger partial charge in [0.15, 0.2) is 14.1 Å². The van der Waals surface area contributed by atoms with Crippen LogP contribution in [0.25, 0.3) is 0 Å².